The SMILES string of the molecule is CN(C)c1ccc(CCCCN2C(=O)c3ccccc3C2=O)cc1. The van der Waals surface area contributed by atoms with E-state index in [0.29, 0.717) is 17.7 Å². The zero-order valence-electron chi connectivity index (χ0n) is 14.2. The van der Waals surface area contributed by atoms with Gasteiger partial charge < -0.3 is 4.90 Å². The highest BCUT2D eigenvalue weighted by molar-refractivity contribution is 6.21. The molecule has 1 aliphatic rings. The van der Waals surface area contributed by atoms with Crippen molar-refractivity contribution >= 4 is 17.5 Å². The molecule has 2 amide bonds. The van der Waals surface area contributed by atoms with Crippen LogP contribution in [-0.4, -0.2) is 37.4 Å². The van der Waals surface area contributed by atoms with Gasteiger partial charge in [-0.1, -0.05) is 24.3 Å². The Hall–Kier alpha value is -2.62. The van der Waals surface area contributed by atoms with E-state index in [4.69, 9.17) is 0 Å². The third kappa shape index (κ3) is 3.18. The Morgan fingerprint density at radius 3 is 1.96 bits per heavy atom. The molecule has 0 aliphatic carbocycles. The number of aryl methyl sites for hydroxylation is 1. The molecule has 0 bridgehead atoms. The maximum absolute atomic E-state index is 12.3. The van der Waals surface area contributed by atoms with Crippen molar-refractivity contribution in [2.45, 2.75) is 19.3 Å². The molecular formula is C20H22N2O2. The summed E-state index contributed by atoms with van der Waals surface area (Å²) >= 11 is 0. The number of benzene rings is 2. The zero-order valence-corrected chi connectivity index (χ0v) is 14.2. The van der Waals surface area contributed by atoms with Gasteiger partial charge in [-0.2, -0.15) is 0 Å². The van der Waals surface area contributed by atoms with E-state index in [9.17, 15) is 9.59 Å². The van der Waals surface area contributed by atoms with Gasteiger partial charge in [-0.25, -0.2) is 0 Å². The fraction of sp³-hybridized carbons (Fsp3) is 0.300. The van der Waals surface area contributed by atoms with Crippen LogP contribution in [0.4, 0.5) is 5.69 Å². The average Bonchev–Trinajstić information content (AvgIpc) is 2.84. The van der Waals surface area contributed by atoms with Gasteiger partial charge in [0.1, 0.15) is 0 Å². The molecule has 24 heavy (non-hydrogen) atoms. The number of hydrogen-bond acceptors (Lipinski definition) is 3. The van der Waals surface area contributed by atoms with E-state index in [-0.39, 0.29) is 11.8 Å². The second-order valence-electron chi connectivity index (χ2n) is 6.33. The normalized spacial score (nSPS) is 13.3. The number of carbonyl (C=O) groups is 2. The van der Waals surface area contributed by atoms with E-state index in [1.165, 1.54) is 16.2 Å². The topological polar surface area (TPSA) is 40.6 Å². The molecule has 0 saturated heterocycles. The van der Waals surface area contributed by atoms with Crippen molar-refractivity contribution in [3.8, 4) is 0 Å². The van der Waals surface area contributed by atoms with E-state index >= 15 is 0 Å². The van der Waals surface area contributed by atoms with Crippen molar-refractivity contribution in [2.75, 3.05) is 25.5 Å². The van der Waals surface area contributed by atoms with Crippen LogP contribution in [0.25, 0.3) is 0 Å². The molecule has 3 rings (SSSR count). The van der Waals surface area contributed by atoms with Crippen LogP contribution >= 0.6 is 0 Å². The molecule has 0 aromatic heterocycles. The molecule has 0 radical (unpaired) electrons. The number of anilines is 1. The number of amides is 2. The minimum atomic E-state index is -0.161. The van der Waals surface area contributed by atoms with Gasteiger partial charge in [-0.05, 0) is 49.1 Å². The lowest BCUT2D eigenvalue weighted by atomic mass is 10.1. The third-order valence-corrected chi connectivity index (χ3v) is 4.43. The van der Waals surface area contributed by atoms with Crippen molar-refractivity contribution in [3.05, 3.63) is 65.2 Å². The zero-order chi connectivity index (χ0) is 17.1. The number of unbranched alkanes of at least 4 members (excludes halogenated alkanes) is 1. The first kappa shape index (κ1) is 16.2. The average molecular weight is 322 g/mol. The molecule has 0 N–H and O–H groups in total. The molecule has 0 fully saturated rings. The Labute approximate surface area is 142 Å². The molecule has 4 heteroatoms. The minimum absolute atomic E-state index is 0.161. The smallest absolute Gasteiger partial charge is 0.261 e. The van der Waals surface area contributed by atoms with Crippen LogP contribution in [0.15, 0.2) is 48.5 Å². The molecule has 1 aliphatic heterocycles. The molecule has 4 nitrogen and oxygen atoms in total. The maximum atomic E-state index is 12.3. The Kier molecular flexibility index (Phi) is 4.65. The minimum Gasteiger partial charge on any atom is -0.378 e. The highest BCUT2D eigenvalue weighted by Crippen LogP contribution is 2.23. The lowest BCUT2D eigenvalue weighted by molar-refractivity contribution is 0.0652. The van der Waals surface area contributed by atoms with Crippen LogP contribution in [0.3, 0.4) is 0 Å². The quantitative estimate of drug-likeness (QED) is 0.605. The Balaban J connectivity index is 1.51. The molecule has 0 atom stereocenters. The second kappa shape index (κ2) is 6.87. The summed E-state index contributed by atoms with van der Waals surface area (Å²) in [4.78, 5) is 28.0. The van der Waals surface area contributed by atoms with Gasteiger partial charge in [-0.15, -0.1) is 0 Å². The summed E-state index contributed by atoms with van der Waals surface area (Å²) in [7, 11) is 4.05. The van der Waals surface area contributed by atoms with E-state index in [2.05, 4.69) is 29.2 Å². The summed E-state index contributed by atoms with van der Waals surface area (Å²) in [6, 6.07) is 15.5. The van der Waals surface area contributed by atoms with Gasteiger partial charge in [0.25, 0.3) is 11.8 Å². The van der Waals surface area contributed by atoms with Crippen molar-refractivity contribution < 1.29 is 9.59 Å². The predicted molar refractivity (Wildman–Crippen MR) is 95.5 cm³/mol. The number of carbonyl (C=O) groups excluding carboxylic acids is 2. The summed E-state index contributed by atoms with van der Waals surface area (Å²) in [6.07, 6.45) is 2.73. The Morgan fingerprint density at radius 2 is 1.42 bits per heavy atom. The first-order valence-electron chi connectivity index (χ1n) is 8.29. The summed E-state index contributed by atoms with van der Waals surface area (Å²) in [5, 5.41) is 0. The van der Waals surface area contributed by atoms with Crippen LogP contribution in [0.1, 0.15) is 39.1 Å². The summed E-state index contributed by atoms with van der Waals surface area (Å²) in [5.74, 6) is -0.322. The second-order valence-corrected chi connectivity index (χ2v) is 6.33. The molecule has 2 aromatic carbocycles. The van der Waals surface area contributed by atoms with Crippen LogP contribution < -0.4 is 4.90 Å². The maximum Gasteiger partial charge on any atom is 0.261 e. The highest BCUT2D eigenvalue weighted by Gasteiger charge is 2.34. The summed E-state index contributed by atoms with van der Waals surface area (Å²) < 4.78 is 0. The van der Waals surface area contributed by atoms with Gasteiger partial charge in [0.05, 0.1) is 11.1 Å². The number of imide groups is 1. The number of nitrogens with zero attached hydrogens (tertiary/aromatic N) is 2. The van der Waals surface area contributed by atoms with Crippen molar-refractivity contribution in [3.63, 3.8) is 0 Å². The van der Waals surface area contributed by atoms with Gasteiger partial charge in [-0.3, -0.25) is 14.5 Å². The Bertz CT molecular complexity index is 715. The van der Waals surface area contributed by atoms with Gasteiger partial charge in [0.2, 0.25) is 0 Å². The van der Waals surface area contributed by atoms with Crippen LogP contribution in [-0.2, 0) is 6.42 Å². The van der Waals surface area contributed by atoms with Crippen molar-refractivity contribution in [1.82, 2.24) is 4.90 Å². The third-order valence-electron chi connectivity index (χ3n) is 4.43. The van der Waals surface area contributed by atoms with Crippen molar-refractivity contribution in [1.29, 1.82) is 0 Å². The van der Waals surface area contributed by atoms with Gasteiger partial charge >= 0.3 is 0 Å². The molecule has 0 unspecified atom stereocenters. The van der Waals surface area contributed by atoms with Crippen LogP contribution in [0, 0.1) is 0 Å². The fourth-order valence-electron chi connectivity index (χ4n) is 3.00. The van der Waals surface area contributed by atoms with Gasteiger partial charge in [0.15, 0.2) is 0 Å². The lowest BCUT2D eigenvalue weighted by Crippen LogP contribution is -2.30. The highest BCUT2D eigenvalue weighted by atomic mass is 16.2. The van der Waals surface area contributed by atoms with Crippen molar-refractivity contribution in [2.24, 2.45) is 0 Å². The van der Waals surface area contributed by atoms with Crippen LogP contribution in [0.5, 0.6) is 0 Å². The molecule has 0 spiro atoms. The Morgan fingerprint density at radius 1 is 0.833 bits per heavy atom. The van der Waals surface area contributed by atoms with E-state index in [1.54, 1.807) is 24.3 Å². The first-order valence-corrected chi connectivity index (χ1v) is 8.29. The first-order chi connectivity index (χ1) is 11.6. The number of fused-ring (bicyclic) bond motifs is 1. The largest absolute Gasteiger partial charge is 0.378 e. The fourth-order valence-corrected chi connectivity index (χ4v) is 3.00. The van der Waals surface area contributed by atoms with E-state index in [0.717, 1.165) is 19.3 Å². The monoisotopic (exact) mass is 322 g/mol. The molecule has 124 valence electrons. The number of rotatable bonds is 6. The molecule has 2 aromatic rings. The summed E-state index contributed by atoms with van der Waals surface area (Å²) in [6.45, 7) is 0.488. The molecule has 0 saturated carbocycles. The standard InChI is InChI=1S/C20H22N2O2/c1-21(2)16-12-10-15(11-13-16)7-5-6-14-22-19(23)17-8-3-4-9-18(17)20(22)24/h3-4,8-13H,5-7,14H2,1-2H3. The van der Waals surface area contributed by atoms with Gasteiger partial charge in [0, 0.05) is 26.3 Å². The predicted octanol–water partition coefficient (Wildman–Crippen LogP) is 3.37. The van der Waals surface area contributed by atoms with E-state index in [1.807, 2.05) is 14.1 Å². The lowest BCUT2D eigenvalue weighted by Gasteiger charge is -2.14. The van der Waals surface area contributed by atoms with Crippen LogP contribution in [0.2, 0.25) is 0 Å². The molecule has 1 heterocycles. The number of hydrogen-bond donors (Lipinski definition) is 0. The summed E-state index contributed by atoms with van der Waals surface area (Å²) in [5.41, 5.74) is 3.52. The molecular weight excluding hydrogens is 300 g/mol. The van der Waals surface area contributed by atoms with E-state index < -0.39 is 0 Å².